The number of hydrogen-bond acceptors (Lipinski definition) is 5. The maximum atomic E-state index is 11.5. The minimum Gasteiger partial charge on any atom is -0.464 e. The van der Waals surface area contributed by atoms with Gasteiger partial charge in [0.15, 0.2) is 0 Å². The lowest BCUT2D eigenvalue weighted by Gasteiger charge is -2.32. The van der Waals surface area contributed by atoms with Gasteiger partial charge in [0.1, 0.15) is 5.69 Å². The molecule has 6 nitrogen and oxygen atoms in total. The summed E-state index contributed by atoms with van der Waals surface area (Å²) in [5.41, 5.74) is 6.54. The highest BCUT2D eigenvalue weighted by Gasteiger charge is 2.32. The molecule has 3 N–H and O–H groups in total. The first-order valence-corrected chi connectivity index (χ1v) is 5.20. The van der Waals surface area contributed by atoms with Gasteiger partial charge in [-0.15, -0.1) is 0 Å². The van der Waals surface area contributed by atoms with Crippen molar-refractivity contribution in [2.45, 2.75) is 31.5 Å². The summed E-state index contributed by atoms with van der Waals surface area (Å²) >= 11 is 0. The molecule has 0 amide bonds. The second-order valence-electron chi connectivity index (χ2n) is 3.94. The summed E-state index contributed by atoms with van der Waals surface area (Å²) < 4.78 is 6.29. The number of esters is 1. The summed E-state index contributed by atoms with van der Waals surface area (Å²) in [4.78, 5) is 11.5. The van der Waals surface area contributed by atoms with Crippen molar-refractivity contribution in [2.75, 3.05) is 7.11 Å². The molecule has 1 aromatic heterocycles. The topological polar surface area (TPSA) is 90.4 Å². The molecule has 2 rings (SSSR count). The fourth-order valence-electron chi connectivity index (χ4n) is 1.84. The average Bonchev–Trinajstić information content (AvgIpc) is 2.67. The van der Waals surface area contributed by atoms with Gasteiger partial charge in [-0.05, 0) is 18.9 Å². The number of ether oxygens (including phenoxy) is 1. The van der Waals surface area contributed by atoms with E-state index in [0.29, 0.717) is 24.2 Å². The molecule has 6 heteroatoms. The van der Waals surface area contributed by atoms with Crippen LogP contribution in [0.4, 0.5) is 0 Å². The van der Waals surface area contributed by atoms with E-state index in [4.69, 9.17) is 5.73 Å². The van der Waals surface area contributed by atoms with Crippen LogP contribution < -0.4 is 5.73 Å². The Bertz CT molecular complexity index is 396. The summed E-state index contributed by atoms with van der Waals surface area (Å²) in [7, 11) is 1.33. The van der Waals surface area contributed by atoms with Crippen LogP contribution in [0.5, 0.6) is 0 Å². The molecule has 1 aromatic rings. The number of methoxy groups -OCH3 is 1. The molecule has 0 atom stereocenters. The number of aliphatic hydroxyl groups is 1. The van der Waals surface area contributed by atoms with Gasteiger partial charge in [-0.3, -0.25) is 4.68 Å². The van der Waals surface area contributed by atoms with Crippen LogP contribution in [-0.2, 0) is 11.3 Å². The van der Waals surface area contributed by atoms with Gasteiger partial charge >= 0.3 is 5.97 Å². The number of nitrogens with two attached hydrogens (primary N) is 1. The summed E-state index contributed by atoms with van der Waals surface area (Å²) in [6.45, 7) is 0.284. The summed E-state index contributed by atoms with van der Waals surface area (Å²) in [6, 6.07) is 1.71. The van der Waals surface area contributed by atoms with Gasteiger partial charge in [-0.25, -0.2) is 4.79 Å². The molecule has 0 aliphatic heterocycles. The maximum absolute atomic E-state index is 11.5. The maximum Gasteiger partial charge on any atom is 0.356 e. The molecule has 1 heterocycles. The molecule has 1 aliphatic rings. The Morgan fingerprint density at radius 3 is 2.94 bits per heavy atom. The summed E-state index contributed by atoms with van der Waals surface area (Å²) in [5, 5.41) is 13.5. The lowest BCUT2D eigenvalue weighted by Crippen LogP contribution is -2.33. The summed E-state index contributed by atoms with van der Waals surface area (Å²) in [5.74, 6) is -0.423. The predicted octanol–water partition coefficient (Wildman–Crippen LogP) is -0.176. The van der Waals surface area contributed by atoms with E-state index >= 15 is 0 Å². The van der Waals surface area contributed by atoms with Gasteiger partial charge in [0, 0.05) is 6.54 Å². The first-order chi connectivity index (χ1) is 7.65. The van der Waals surface area contributed by atoms with E-state index in [-0.39, 0.29) is 18.7 Å². The van der Waals surface area contributed by atoms with E-state index in [9.17, 15) is 9.90 Å². The predicted molar refractivity (Wildman–Crippen MR) is 55.7 cm³/mol. The molecule has 1 fully saturated rings. The molecule has 88 valence electrons. The van der Waals surface area contributed by atoms with Crippen molar-refractivity contribution in [3.63, 3.8) is 0 Å². The Morgan fingerprint density at radius 2 is 2.44 bits per heavy atom. The lowest BCUT2D eigenvalue weighted by atomic mass is 9.89. The van der Waals surface area contributed by atoms with Crippen LogP contribution in [0, 0.1) is 0 Å². The van der Waals surface area contributed by atoms with Crippen molar-refractivity contribution in [2.24, 2.45) is 5.73 Å². The quantitative estimate of drug-likeness (QED) is 0.697. The number of aromatic nitrogens is 2. The lowest BCUT2D eigenvalue weighted by molar-refractivity contribution is 0.0371. The van der Waals surface area contributed by atoms with Crippen LogP contribution in [0.25, 0.3) is 0 Å². The van der Waals surface area contributed by atoms with Gasteiger partial charge in [0.05, 0.1) is 24.9 Å². The zero-order valence-electron chi connectivity index (χ0n) is 9.09. The number of rotatable bonds is 3. The zero-order valence-corrected chi connectivity index (χ0v) is 9.09. The van der Waals surface area contributed by atoms with E-state index in [2.05, 4.69) is 9.84 Å². The van der Waals surface area contributed by atoms with Gasteiger partial charge in [0.25, 0.3) is 0 Å². The fourth-order valence-corrected chi connectivity index (χ4v) is 1.84. The monoisotopic (exact) mass is 225 g/mol. The van der Waals surface area contributed by atoms with Crippen molar-refractivity contribution < 1.29 is 14.6 Å². The Hall–Kier alpha value is -1.40. The second-order valence-corrected chi connectivity index (χ2v) is 3.94. The van der Waals surface area contributed by atoms with Crippen LogP contribution in [0.2, 0.25) is 0 Å². The largest absolute Gasteiger partial charge is 0.464 e. The SMILES string of the molecule is COC(=O)c1cc(CN)nn1C1CC(O)C1. The second kappa shape index (κ2) is 4.23. The van der Waals surface area contributed by atoms with E-state index < -0.39 is 5.97 Å². The number of carbonyl (C=O) groups excluding carboxylic acids is 1. The number of hydrogen-bond donors (Lipinski definition) is 2. The molecule has 0 saturated heterocycles. The first kappa shape index (κ1) is 11.1. The molecule has 0 radical (unpaired) electrons. The standard InChI is InChI=1S/C10H15N3O3/c1-16-10(15)9-2-6(5-11)12-13(9)7-3-8(14)4-7/h2,7-8,14H,3-5,11H2,1H3. The smallest absolute Gasteiger partial charge is 0.356 e. The highest BCUT2D eigenvalue weighted by Crippen LogP contribution is 2.32. The van der Waals surface area contributed by atoms with Crippen LogP contribution in [0.15, 0.2) is 6.07 Å². The molecule has 16 heavy (non-hydrogen) atoms. The molecule has 1 aliphatic carbocycles. The Kier molecular flexibility index (Phi) is 2.93. The Morgan fingerprint density at radius 1 is 1.75 bits per heavy atom. The highest BCUT2D eigenvalue weighted by atomic mass is 16.5. The van der Waals surface area contributed by atoms with Crippen LogP contribution in [-0.4, -0.2) is 34.1 Å². The fraction of sp³-hybridized carbons (Fsp3) is 0.600. The third-order valence-electron chi connectivity index (χ3n) is 2.82. The minimum atomic E-state index is -0.423. The number of carbonyl (C=O) groups is 1. The van der Waals surface area contributed by atoms with Gasteiger partial charge < -0.3 is 15.6 Å². The number of nitrogens with zero attached hydrogens (tertiary/aromatic N) is 2. The van der Waals surface area contributed by atoms with Gasteiger partial charge in [0.2, 0.25) is 0 Å². The van der Waals surface area contributed by atoms with Crippen molar-refractivity contribution in [1.82, 2.24) is 9.78 Å². The van der Waals surface area contributed by atoms with Crippen molar-refractivity contribution in [3.05, 3.63) is 17.5 Å². The number of aliphatic hydroxyl groups excluding tert-OH is 1. The van der Waals surface area contributed by atoms with Crippen molar-refractivity contribution in [3.8, 4) is 0 Å². The minimum absolute atomic E-state index is 0.0735. The molecular formula is C10H15N3O3. The third-order valence-corrected chi connectivity index (χ3v) is 2.82. The Labute approximate surface area is 93.0 Å². The van der Waals surface area contributed by atoms with Gasteiger partial charge in [-0.1, -0.05) is 0 Å². The molecule has 1 saturated carbocycles. The highest BCUT2D eigenvalue weighted by molar-refractivity contribution is 5.87. The summed E-state index contributed by atoms with van der Waals surface area (Å²) in [6.07, 6.45) is 0.951. The van der Waals surface area contributed by atoms with Crippen LogP contribution in [0.1, 0.15) is 35.1 Å². The van der Waals surface area contributed by atoms with Crippen molar-refractivity contribution >= 4 is 5.97 Å². The Balaban J connectivity index is 2.27. The van der Waals surface area contributed by atoms with Gasteiger partial charge in [-0.2, -0.15) is 5.10 Å². The molecular weight excluding hydrogens is 210 g/mol. The first-order valence-electron chi connectivity index (χ1n) is 5.20. The molecule has 0 aromatic carbocycles. The van der Waals surface area contributed by atoms with Crippen LogP contribution in [0.3, 0.4) is 0 Å². The van der Waals surface area contributed by atoms with E-state index in [0.717, 1.165) is 0 Å². The van der Waals surface area contributed by atoms with Crippen LogP contribution >= 0.6 is 0 Å². The van der Waals surface area contributed by atoms with E-state index in [1.54, 1.807) is 10.7 Å². The van der Waals surface area contributed by atoms with E-state index in [1.807, 2.05) is 0 Å². The molecule has 0 bridgehead atoms. The zero-order chi connectivity index (χ0) is 11.7. The molecule has 0 unspecified atom stereocenters. The van der Waals surface area contributed by atoms with Crippen molar-refractivity contribution in [1.29, 1.82) is 0 Å². The molecule has 0 spiro atoms. The van der Waals surface area contributed by atoms with E-state index in [1.165, 1.54) is 7.11 Å². The average molecular weight is 225 g/mol. The third kappa shape index (κ3) is 1.81. The normalized spacial score (nSPS) is 23.9.